The van der Waals surface area contributed by atoms with Gasteiger partial charge in [-0.2, -0.15) is 0 Å². The number of aryl methyl sites for hydroxylation is 1. The molecule has 1 saturated heterocycles. The lowest BCUT2D eigenvalue weighted by Gasteiger charge is -2.33. The van der Waals surface area contributed by atoms with Crippen LogP contribution in [0.1, 0.15) is 29.0 Å². The third kappa shape index (κ3) is 3.98. The highest BCUT2D eigenvalue weighted by Gasteiger charge is 2.24. The second kappa shape index (κ2) is 8.12. The molecule has 0 aliphatic carbocycles. The number of nitrogens with zero attached hydrogens (tertiary/aromatic N) is 5. The van der Waals surface area contributed by atoms with E-state index < -0.39 is 0 Å². The molecule has 7 nitrogen and oxygen atoms in total. The zero-order valence-electron chi connectivity index (χ0n) is 15.7. The Morgan fingerprint density at radius 1 is 1.14 bits per heavy atom. The van der Waals surface area contributed by atoms with Gasteiger partial charge in [0.2, 0.25) is 0 Å². The van der Waals surface area contributed by atoms with Gasteiger partial charge in [-0.1, -0.05) is 30.3 Å². The first-order valence-electron chi connectivity index (χ1n) is 9.41. The molecule has 3 heterocycles. The van der Waals surface area contributed by atoms with Crippen LogP contribution in [0.15, 0.2) is 55.1 Å². The molecule has 2 aromatic heterocycles. The lowest BCUT2D eigenvalue weighted by molar-refractivity contribution is 0.0933. The number of hydrogen-bond acceptors (Lipinski definition) is 6. The number of benzene rings is 1. The van der Waals surface area contributed by atoms with Crippen LogP contribution in [-0.4, -0.2) is 45.0 Å². The van der Waals surface area contributed by atoms with Gasteiger partial charge in [0.05, 0.1) is 17.5 Å². The van der Waals surface area contributed by atoms with Crippen molar-refractivity contribution in [3.63, 3.8) is 0 Å². The van der Waals surface area contributed by atoms with Crippen molar-refractivity contribution in [2.45, 2.75) is 25.8 Å². The minimum atomic E-state index is -0.148. The normalized spacial score (nSPS) is 16.6. The average Bonchev–Trinajstić information content (AvgIpc) is 2.75. The quantitative estimate of drug-likeness (QED) is 0.756. The Morgan fingerprint density at radius 3 is 2.79 bits per heavy atom. The van der Waals surface area contributed by atoms with Crippen molar-refractivity contribution in [1.29, 1.82) is 0 Å². The summed E-state index contributed by atoms with van der Waals surface area (Å²) in [5, 5.41) is 3.16. The highest BCUT2D eigenvalue weighted by Crippen LogP contribution is 2.22. The van der Waals surface area contributed by atoms with Crippen LogP contribution in [-0.2, 0) is 0 Å². The van der Waals surface area contributed by atoms with Gasteiger partial charge in [0.25, 0.3) is 5.91 Å². The molecule has 1 amide bonds. The van der Waals surface area contributed by atoms with E-state index in [1.54, 1.807) is 24.8 Å². The summed E-state index contributed by atoms with van der Waals surface area (Å²) in [6.07, 6.45) is 8.63. The largest absolute Gasteiger partial charge is 0.353 e. The third-order valence-corrected chi connectivity index (χ3v) is 4.83. The number of aromatic nitrogens is 4. The van der Waals surface area contributed by atoms with Gasteiger partial charge in [-0.15, -0.1) is 0 Å². The number of carbonyl (C=O) groups is 1. The highest BCUT2D eigenvalue weighted by molar-refractivity contribution is 5.99. The lowest BCUT2D eigenvalue weighted by atomic mass is 10.0. The topological polar surface area (TPSA) is 83.9 Å². The van der Waals surface area contributed by atoms with Gasteiger partial charge in [0.1, 0.15) is 11.6 Å². The second-order valence-electron chi connectivity index (χ2n) is 6.87. The van der Waals surface area contributed by atoms with Crippen LogP contribution in [0.2, 0.25) is 0 Å². The molecule has 0 spiro atoms. The molecule has 1 atom stereocenters. The zero-order valence-corrected chi connectivity index (χ0v) is 15.7. The lowest BCUT2D eigenvalue weighted by Crippen LogP contribution is -2.48. The van der Waals surface area contributed by atoms with E-state index in [1.165, 1.54) is 0 Å². The predicted octanol–water partition coefficient (Wildman–Crippen LogP) is 2.64. The van der Waals surface area contributed by atoms with Crippen LogP contribution in [0.3, 0.4) is 0 Å². The number of carbonyl (C=O) groups excluding carboxylic acids is 1. The number of anilines is 1. The minimum Gasteiger partial charge on any atom is -0.353 e. The Balaban J connectivity index is 1.53. The van der Waals surface area contributed by atoms with Gasteiger partial charge in [-0.25, -0.2) is 15.0 Å². The van der Waals surface area contributed by atoms with E-state index in [0.29, 0.717) is 23.6 Å². The predicted molar refractivity (Wildman–Crippen MR) is 107 cm³/mol. The number of piperidine rings is 1. The number of amides is 1. The molecular formula is C21H22N6O. The summed E-state index contributed by atoms with van der Waals surface area (Å²) in [5.74, 6) is 1.33. The summed E-state index contributed by atoms with van der Waals surface area (Å²) in [5.41, 5.74) is 2.06. The molecule has 3 aromatic rings. The van der Waals surface area contributed by atoms with Gasteiger partial charge in [-0.3, -0.25) is 9.78 Å². The highest BCUT2D eigenvalue weighted by atomic mass is 16.1. The molecule has 142 valence electrons. The Morgan fingerprint density at radius 2 is 2.00 bits per heavy atom. The van der Waals surface area contributed by atoms with Crippen LogP contribution >= 0.6 is 0 Å². The Bertz CT molecular complexity index is 948. The molecule has 4 rings (SSSR count). The summed E-state index contributed by atoms with van der Waals surface area (Å²) < 4.78 is 0. The fraction of sp³-hybridized carbons (Fsp3) is 0.286. The first kappa shape index (κ1) is 18.0. The van der Waals surface area contributed by atoms with Crippen molar-refractivity contribution >= 4 is 11.7 Å². The van der Waals surface area contributed by atoms with E-state index in [-0.39, 0.29) is 11.9 Å². The first-order chi connectivity index (χ1) is 13.7. The number of rotatable bonds is 4. The summed E-state index contributed by atoms with van der Waals surface area (Å²) in [4.78, 5) is 32.4. The smallest absolute Gasteiger partial charge is 0.255 e. The van der Waals surface area contributed by atoms with Crippen LogP contribution in [0, 0.1) is 6.92 Å². The van der Waals surface area contributed by atoms with E-state index >= 15 is 0 Å². The second-order valence-corrected chi connectivity index (χ2v) is 6.87. The summed E-state index contributed by atoms with van der Waals surface area (Å²) in [6, 6.07) is 9.76. The molecule has 7 heteroatoms. The minimum absolute atomic E-state index is 0.0354. The van der Waals surface area contributed by atoms with E-state index in [2.05, 4.69) is 30.2 Å². The van der Waals surface area contributed by atoms with E-state index in [9.17, 15) is 4.79 Å². The summed E-state index contributed by atoms with van der Waals surface area (Å²) >= 11 is 0. The summed E-state index contributed by atoms with van der Waals surface area (Å²) in [7, 11) is 0. The monoisotopic (exact) mass is 374 g/mol. The van der Waals surface area contributed by atoms with E-state index in [4.69, 9.17) is 0 Å². The van der Waals surface area contributed by atoms with Crippen molar-refractivity contribution in [3.8, 4) is 11.3 Å². The molecule has 28 heavy (non-hydrogen) atoms. The molecular weight excluding hydrogens is 352 g/mol. The SMILES string of the molecule is Cc1ncc(C(=O)N[C@H]2CCCN(c3cnccn3)C2)c(-c2ccccc2)n1. The molecule has 0 radical (unpaired) electrons. The maximum atomic E-state index is 13.0. The van der Waals surface area contributed by atoms with Crippen molar-refractivity contribution in [2.24, 2.45) is 0 Å². The van der Waals surface area contributed by atoms with Crippen molar-refractivity contribution in [1.82, 2.24) is 25.3 Å². The fourth-order valence-corrected chi connectivity index (χ4v) is 3.47. The molecule has 1 aliphatic heterocycles. The van der Waals surface area contributed by atoms with Crippen LogP contribution in [0.5, 0.6) is 0 Å². The molecule has 0 unspecified atom stereocenters. The van der Waals surface area contributed by atoms with Gasteiger partial charge in [0, 0.05) is 43.3 Å². The van der Waals surface area contributed by atoms with E-state index in [1.807, 2.05) is 37.3 Å². The van der Waals surface area contributed by atoms with Gasteiger partial charge in [0.15, 0.2) is 0 Å². The molecule has 1 aromatic carbocycles. The number of hydrogen-bond donors (Lipinski definition) is 1. The van der Waals surface area contributed by atoms with Gasteiger partial charge >= 0.3 is 0 Å². The Hall–Kier alpha value is -3.35. The van der Waals surface area contributed by atoms with Gasteiger partial charge in [-0.05, 0) is 19.8 Å². The van der Waals surface area contributed by atoms with Crippen molar-refractivity contribution < 1.29 is 4.79 Å². The maximum Gasteiger partial charge on any atom is 0.255 e. The number of nitrogens with one attached hydrogen (secondary N) is 1. The first-order valence-corrected chi connectivity index (χ1v) is 9.41. The molecule has 0 bridgehead atoms. The fourth-order valence-electron chi connectivity index (χ4n) is 3.47. The average molecular weight is 374 g/mol. The summed E-state index contributed by atoms with van der Waals surface area (Å²) in [6.45, 7) is 3.44. The Labute approximate surface area is 163 Å². The zero-order chi connectivity index (χ0) is 19.3. The maximum absolute atomic E-state index is 13.0. The third-order valence-electron chi connectivity index (χ3n) is 4.83. The molecule has 0 saturated carbocycles. The Kier molecular flexibility index (Phi) is 5.23. The molecule has 1 aliphatic rings. The molecule has 1 fully saturated rings. The van der Waals surface area contributed by atoms with Gasteiger partial charge < -0.3 is 10.2 Å². The van der Waals surface area contributed by atoms with Crippen molar-refractivity contribution in [2.75, 3.05) is 18.0 Å². The molecule has 1 N–H and O–H groups in total. The van der Waals surface area contributed by atoms with Crippen LogP contribution in [0.25, 0.3) is 11.3 Å². The standard InChI is InChI=1S/C21H22N6O/c1-15-24-12-18(20(25-15)16-6-3-2-4-7-16)21(28)26-17-8-5-11-27(14-17)19-13-22-9-10-23-19/h2-4,6-7,9-10,12-13,17H,5,8,11,14H2,1H3,(H,26,28)/t17-/m0/s1. The van der Waals surface area contributed by atoms with Crippen LogP contribution in [0.4, 0.5) is 5.82 Å². The van der Waals surface area contributed by atoms with E-state index in [0.717, 1.165) is 30.8 Å². The van der Waals surface area contributed by atoms with Crippen molar-refractivity contribution in [3.05, 3.63) is 66.5 Å². The van der Waals surface area contributed by atoms with Crippen LogP contribution < -0.4 is 10.2 Å².